The van der Waals surface area contributed by atoms with Crippen molar-refractivity contribution in [3.63, 3.8) is 0 Å². The van der Waals surface area contributed by atoms with Gasteiger partial charge in [-0.15, -0.1) is 0 Å². The minimum absolute atomic E-state index is 0.0255. The number of halogens is 2. The van der Waals surface area contributed by atoms with E-state index in [2.05, 4.69) is 15.1 Å². The number of ether oxygens (including phenoxy) is 1. The van der Waals surface area contributed by atoms with E-state index < -0.39 is 0 Å². The molecule has 31 heavy (non-hydrogen) atoms. The Kier molecular flexibility index (Phi) is 7.27. The van der Waals surface area contributed by atoms with E-state index >= 15 is 0 Å². The smallest absolute Gasteiger partial charge is 0.234 e. The van der Waals surface area contributed by atoms with Crippen LogP contribution in [0, 0.1) is 11.6 Å². The third kappa shape index (κ3) is 5.87. The minimum atomic E-state index is -0.277. The Balaban J connectivity index is 1.36. The fraction of sp³-hybridized carbons (Fsp3) is 0.458. The lowest BCUT2D eigenvalue weighted by molar-refractivity contribution is -0.123. The Morgan fingerprint density at radius 3 is 2.06 bits per heavy atom. The molecule has 2 aliphatic rings. The number of benzene rings is 2. The highest BCUT2D eigenvalue weighted by Gasteiger charge is 2.27. The summed E-state index contributed by atoms with van der Waals surface area (Å²) < 4.78 is 32.5. The molecular weight excluding hydrogens is 400 g/mol. The summed E-state index contributed by atoms with van der Waals surface area (Å²) in [5, 5.41) is 2.98. The maximum atomic E-state index is 13.5. The van der Waals surface area contributed by atoms with Gasteiger partial charge in [-0.05, 0) is 48.2 Å². The maximum Gasteiger partial charge on any atom is 0.234 e. The number of rotatable bonds is 7. The highest BCUT2D eigenvalue weighted by molar-refractivity contribution is 5.78. The lowest BCUT2D eigenvalue weighted by Gasteiger charge is -2.39. The summed E-state index contributed by atoms with van der Waals surface area (Å²) in [6.07, 6.45) is 2.21. The molecule has 0 aliphatic carbocycles. The van der Waals surface area contributed by atoms with Gasteiger partial charge in [-0.3, -0.25) is 14.6 Å². The Morgan fingerprint density at radius 2 is 1.55 bits per heavy atom. The van der Waals surface area contributed by atoms with Crippen LogP contribution in [0.3, 0.4) is 0 Å². The summed E-state index contributed by atoms with van der Waals surface area (Å²) in [6, 6.07) is 12.9. The van der Waals surface area contributed by atoms with Crippen LogP contribution in [0.1, 0.15) is 30.0 Å². The first kappa shape index (κ1) is 21.9. The molecule has 0 saturated carbocycles. The van der Waals surface area contributed by atoms with Gasteiger partial charge >= 0.3 is 0 Å². The van der Waals surface area contributed by atoms with Crippen molar-refractivity contribution in [2.45, 2.75) is 25.0 Å². The Labute approximate surface area is 182 Å². The summed E-state index contributed by atoms with van der Waals surface area (Å²) >= 11 is 0. The van der Waals surface area contributed by atoms with Gasteiger partial charge in [0.05, 0.1) is 18.7 Å². The molecule has 2 aromatic carbocycles. The number of carbonyl (C=O) groups is 1. The van der Waals surface area contributed by atoms with E-state index in [1.165, 1.54) is 24.3 Å². The predicted molar refractivity (Wildman–Crippen MR) is 115 cm³/mol. The standard InChI is InChI=1S/C24H29F2N3O2/c25-20-7-3-18(4-8-20)24(19-5-9-21(26)10-6-19)29-13-11-28(12-14-29)17-23(30)27-16-22-2-1-15-31-22/h3-10,22,24H,1-2,11-17H2,(H,27,30)/t22-/m0/s1. The largest absolute Gasteiger partial charge is 0.376 e. The average Bonchev–Trinajstić information content (AvgIpc) is 3.30. The second-order valence-corrected chi connectivity index (χ2v) is 8.26. The van der Waals surface area contributed by atoms with Crippen LogP contribution in [0.5, 0.6) is 0 Å². The molecule has 2 fully saturated rings. The molecule has 1 atom stereocenters. The van der Waals surface area contributed by atoms with Crippen molar-refractivity contribution < 1.29 is 18.3 Å². The first-order chi connectivity index (χ1) is 15.1. The minimum Gasteiger partial charge on any atom is -0.376 e. The molecule has 0 aromatic heterocycles. The second-order valence-electron chi connectivity index (χ2n) is 8.26. The number of hydrogen-bond donors (Lipinski definition) is 1. The van der Waals surface area contributed by atoms with Crippen LogP contribution >= 0.6 is 0 Å². The van der Waals surface area contributed by atoms with Crippen LogP contribution in [0.2, 0.25) is 0 Å². The van der Waals surface area contributed by atoms with Gasteiger partial charge in [-0.1, -0.05) is 24.3 Å². The van der Waals surface area contributed by atoms with E-state index in [1.54, 1.807) is 24.3 Å². The van der Waals surface area contributed by atoms with E-state index in [0.29, 0.717) is 13.1 Å². The zero-order chi connectivity index (χ0) is 21.6. The van der Waals surface area contributed by atoms with E-state index in [1.807, 2.05) is 0 Å². The first-order valence-corrected chi connectivity index (χ1v) is 10.9. The second kappa shape index (κ2) is 10.3. The first-order valence-electron chi connectivity index (χ1n) is 10.9. The van der Waals surface area contributed by atoms with Crippen LogP contribution < -0.4 is 5.32 Å². The summed E-state index contributed by atoms with van der Waals surface area (Å²) in [5.74, 6) is -0.529. The van der Waals surface area contributed by atoms with Crippen molar-refractivity contribution in [1.82, 2.24) is 15.1 Å². The molecule has 5 nitrogen and oxygen atoms in total. The van der Waals surface area contributed by atoms with Gasteiger partial charge < -0.3 is 10.1 Å². The third-order valence-electron chi connectivity index (χ3n) is 6.06. The van der Waals surface area contributed by atoms with Gasteiger partial charge in [0.15, 0.2) is 0 Å². The number of piperazine rings is 1. The molecule has 2 aliphatic heterocycles. The molecule has 166 valence electrons. The molecule has 1 amide bonds. The number of nitrogens with one attached hydrogen (secondary N) is 1. The van der Waals surface area contributed by atoms with Gasteiger partial charge in [-0.25, -0.2) is 8.78 Å². The maximum absolute atomic E-state index is 13.5. The van der Waals surface area contributed by atoms with Gasteiger partial charge in [0.25, 0.3) is 0 Å². The molecule has 4 rings (SSSR count). The Morgan fingerprint density at radius 1 is 0.968 bits per heavy atom. The lowest BCUT2D eigenvalue weighted by atomic mass is 9.96. The number of carbonyl (C=O) groups excluding carboxylic acids is 1. The van der Waals surface area contributed by atoms with Crippen molar-refractivity contribution in [2.24, 2.45) is 0 Å². The van der Waals surface area contributed by atoms with E-state index in [0.717, 1.165) is 56.8 Å². The zero-order valence-corrected chi connectivity index (χ0v) is 17.6. The fourth-order valence-electron chi connectivity index (χ4n) is 4.38. The van der Waals surface area contributed by atoms with Crippen molar-refractivity contribution in [1.29, 1.82) is 0 Å². The summed E-state index contributed by atoms with van der Waals surface area (Å²) in [6.45, 7) is 4.77. The Bertz CT molecular complexity index is 801. The molecule has 1 N–H and O–H groups in total. The molecule has 2 saturated heterocycles. The molecule has 2 aromatic rings. The zero-order valence-electron chi connectivity index (χ0n) is 17.6. The molecule has 0 bridgehead atoms. The van der Waals surface area contributed by atoms with E-state index in [-0.39, 0.29) is 29.7 Å². The van der Waals surface area contributed by atoms with Crippen LogP contribution in [0.15, 0.2) is 48.5 Å². The normalized spacial score (nSPS) is 20.3. The molecule has 2 heterocycles. The van der Waals surface area contributed by atoms with Gasteiger partial charge in [0, 0.05) is 39.3 Å². The number of hydrogen-bond acceptors (Lipinski definition) is 4. The SMILES string of the molecule is O=C(CN1CCN(C(c2ccc(F)cc2)c2ccc(F)cc2)CC1)NC[C@@H]1CCCO1. The van der Waals surface area contributed by atoms with Gasteiger partial charge in [-0.2, -0.15) is 0 Å². The number of nitrogens with zero attached hydrogens (tertiary/aromatic N) is 2. The van der Waals surface area contributed by atoms with Crippen LogP contribution in [0.25, 0.3) is 0 Å². The van der Waals surface area contributed by atoms with Crippen molar-refractivity contribution in [2.75, 3.05) is 45.9 Å². The lowest BCUT2D eigenvalue weighted by Crippen LogP contribution is -2.50. The topological polar surface area (TPSA) is 44.8 Å². The summed E-state index contributed by atoms with van der Waals surface area (Å²) in [5.41, 5.74) is 1.94. The van der Waals surface area contributed by atoms with Crippen LogP contribution in [-0.4, -0.2) is 67.7 Å². The fourth-order valence-corrected chi connectivity index (χ4v) is 4.38. The van der Waals surface area contributed by atoms with E-state index in [4.69, 9.17) is 4.74 Å². The van der Waals surface area contributed by atoms with E-state index in [9.17, 15) is 13.6 Å². The highest BCUT2D eigenvalue weighted by Crippen LogP contribution is 2.30. The van der Waals surface area contributed by atoms with Crippen molar-refractivity contribution in [3.05, 3.63) is 71.3 Å². The molecule has 0 spiro atoms. The van der Waals surface area contributed by atoms with Gasteiger partial charge in [0.2, 0.25) is 5.91 Å². The molecular formula is C24H29F2N3O2. The molecule has 0 radical (unpaired) electrons. The van der Waals surface area contributed by atoms with Crippen molar-refractivity contribution in [3.8, 4) is 0 Å². The van der Waals surface area contributed by atoms with Crippen molar-refractivity contribution >= 4 is 5.91 Å². The predicted octanol–water partition coefficient (Wildman–Crippen LogP) is 2.97. The summed E-state index contributed by atoms with van der Waals surface area (Å²) in [4.78, 5) is 16.8. The highest BCUT2D eigenvalue weighted by atomic mass is 19.1. The third-order valence-corrected chi connectivity index (χ3v) is 6.06. The quantitative estimate of drug-likeness (QED) is 0.735. The average molecular weight is 430 g/mol. The van der Waals surface area contributed by atoms with Crippen LogP contribution in [0.4, 0.5) is 8.78 Å². The molecule has 0 unspecified atom stereocenters. The molecule has 7 heteroatoms. The number of amides is 1. The Hall–Kier alpha value is -2.35. The monoisotopic (exact) mass is 429 g/mol. The van der Waals surface area contributed by atoms with Crippen LogP contribution in [-0.2, 0) is 9.53 Å². The summed E-state index contributed by atoms with van der Waals surface area (Å²) in [7, 11) is 0. The van der Waals surface area contributed by atoms with Gasteiger partial charge in [0.1, 0.15) is 11.6 Å².